The van der Waals surface area contributed by atoms with Crippen molar-refractivity contribution in [2.75, 3.05) is 5.32 Å². The zero-order valence-corrected chi connectivity index (χ0v) is 13.5. The van der Waals surface area contributed by atoms with Gasteiger partial charge in [0.1, 0.15) is 0 Å². The van der Waals surface area contributed by atoms with Gasteiger partial charge in [-0.1, -0.05) is 24.3 Å². The second-order valence-electron chi connectivity index (χ2n) is 4.92. The standard InChI is InChI=1S/C16H18N2O3S/c1-10-6-4-7-11(2)14(10)17-15(19)12(3)21-18-16(20)13-8-5-9-22-13/h4-9,12H,1-3H3,(H,17,19)(H,18,20)/t12-/m1/s1. The number of rotatable bonds is 5. The summed E-state index contributed by atoms with van der Waals surface area (Å²) in [6, 6.07) is 9.24. The molecule has 116 valence electrons. The summed E-state index contributed by atoms with van der Waals surface area (Å²) in [7, 11) is 0. The number of hydroxylamine groups is 1. The smallest absolute Gasteiger partial charge is 0.284 e. The van der Waals surface area contributed by atoms with Gasteiger partial charge in [-0.3, -0.25) is 14.4 Å². The average Bonchev–Trinajstić information content (AvgIpc) is 3.02. The van der Waals surface area contributed by atoms with Gasteiger partial charge >= 0.3 is 0 Å². The normalized spacial score (nSPS) is 11.8. The van der Waals surface area contributed by atoms with E-state index in [2.05, 4.69) is 10.8 Å². The molecule has 0 bridgehead atoms. The second kappa shape index (κ2) is 7.20. The van der Waals surface area contributed by atoms with Gasteiger partial charge < -0.3 is 5.32 Å². The van der Waals surface area contributed by atoms with Crippen molar-refractivity contribution in [3.8, 4) is 0 Å². The Kier molecular flexibility index (Phi) is 5.30. The van der Waals surface area contributed by atoms with E-state index in [-0.39, 0.29) is 11.8 Å². The molecule has 0 aliphatic carbocycles. The first-order valence-electron chi connectivity index (χ1n) is 6.85. The van der Waals surface area contributed by atoms with Crippen LogP contribution >= 0.6 is 11.3 Å². The Morgan fingerprint density at radius 2 is 1.82 bits per heavy atom. The van der Waals surface area contributed by atoms with E-state index >= 15 is 0 Å². The summed E-state index contributed by atoms with van der Waals surface area (Å²) in [5, 5.41) is 4.62. The predicted molar refractivity (Wildman–Crippen MR) is 86.9 cm³/mol. The topological polar surface area (TPSA) is 67.4 Å². The minimum Gasteiger partial charge on any atom is -0.323 e. The SMILES string of the molecule is Cc1cccc(C)c1NC(=O)[C@@H](C)ONC(=O)c1cccs1. The largest absolute Gasteiger partial charge is 0.323 e. The van der Waals surface area contributed by atoms with Crippen LogP contribution in [0.5, 0.6) is 0 Å². The number of para-hydroxylation sites is 1. The number of amides is 2. The number of aryl methyl sites for hydroxylation is 2. The molecule has 0 radical (unpaired) electrons. The fourth-order valence-electron chi connectivity index (χ4n) is 1.89. The lowest BCUT2D eigenvalue weighted by molar-refractivity contribution is -0.129. The number of carbonyl (C=O) groups is 2. The Bertz CT molecular complexity index is 648. The summed E-state index contributed by atoms with van der Waals surface area (Å²) >= 11 is 1.31. The van der Waals surface area contributed by atoms with Crippen LogP contribution in [0.3, 0.4) is 0 Å². The Morgan fingerprint density at radius 3 is 2.41 bits per heavy atom. The minimum absolute atomic E-state index is 0.316. The summed E-state index contributed by atoms with van der Waals surface area (Å²) in [4.78, 5) is 29.5. The number of hydrogen-bond acceptors (Lipinski definition) is 4. The van der Waals surface area contributed by atoms with Gasteiger partial charge in [0.2, 0.25) is 0 Å². The first kappa shape index (κ1) is 16.2. The van der Waals surface area contributed by atoms with Crippen molar-refractivity contribution in [3.05, 3.63) is 51.7 Å². The molecular weight excluding hydrogens is 300 g/mol. The molecule has 0 fully saturated rings. The molecule has 0 saturated carbocycles. The van der Waals surface area contributed by atoms with Crippen molar-refractivity contribution in [3.63, 3.8) is 0 Å². The monoisotopic (exact) mass is 318 g/mol. The van der Waals surface area contributed by atoms with Crippen LogP contribution in [-0.4, -0.2) is 17.9 Å². The third kappa shape index (κ3) is 3.93. The molecule has 5 nitrogen and oxygen atoms in total. The Balaban J connectivity index is 1.91. The molecule has 2 amide bonds. The zero-order valence-electron chi connectivity index (χ0n) is 12.7. The van der Waals surface area contributed by atoms with Gasteiger partial charge in [-0.05, 0) is 43.3 Å². The highest BCUT2D eigenvalue weighted by molar-refractivity contribution is 7.12. The Labute approximate surface area is 133 Å². The van der Waals surface area contributed by atoms with Gasteiger partial charge in [0.25, 0.3) is 11.8 Å². The van der Waals surface area contributed by atoms with E-state index in [9.17, 15) is 9.59 Å². The van der Waals surface area contributed by atoms with Crippen molar-refractivity contribution in [1.82, 2.24) is 5.48 Å². The van der Waals surface area contributed by atoms with Gasteiger partial charge in [0.05, 0.1) is 4.88 Å². The molecule has 0 unspecified atom stereocenters. The van der Waals surface area contributed by atoms with E-state index < -0.39 is 6.10 Å². The molecular formula is C16H18N2O3S. The lowest BCUT2D eigenvalue weighted by Crippen LogP contribution is -2.35. The summed E-state index contributed by atoms with van der Waals surface area (Å²) in [6.45, 7) is 5.43. The molecule has 1 aromatic heterocycles. The number of benzene rings is 1. The fraction of sp³-hybridized carbons (Fsp3) is 0.250. The van der Waals surface area contributed by atoms with Gasteiger partial charge in [0, 0.05) is 5.69 Å². The van der Waals surface area contributed by atoms with Crippen LogP contribution in [0.2, 0.25) is 0 Å². The molecule has 1 heterocycles. The molecule has 0 saturated heterocycles. The molecule has 1 atom stereocenters. The fourth-order valence-corrected chi connectivity index (χ4v) is 2.50. The second-order valence-corrected chi connectivity index (χ2v) is 5.87. The molecule has 6 heteroatoms. The van der Waals surface area contributed by atoms with Crippen LogP contribution in [0.25, 0.3) is 0 Å². The Morgan fingerprint density at radius 1 is 1.14 bits per heavy atom. The van der Waals surface area contributed by atoms with Crippen LogP contribution in [0.15, 0.2) is 35.7 Å². The van der Waals surface area contributed by atoms with Crippen molar-refractivity contribution >= 4 is 28.8 Å². The van der Waals surface area contributed by atoms with E-state index in [1.54, 1.807) is 24.4 Å². The number of thiophene rings is 1. The number of anilines is 1. The molecule has 0 aliphatic heterocycles. The summed E-state index contributed by atoms with van der Waals surface area (Å²) in [5.41, 5.74) is 5.01. The van der Waals surface area contributed by atoms with Crippen LogP contribution in [-0.2, 0) is 9.63 Å². The van der Waals surface area contributed by atoms with Crippen LogP contribution in [0.1, 0.15) is 27.7 Å². The van der Waals surface area contributed by atoms with E-state index in [4.69, 9.17) is 4.84 Å². The van der Waals surface area contributed by atoms with E-state index in [0.29, 0.717) is 4.88 Å². The van der Waals surface area contributed by atoms with Crippen molar-refractivity contribution in [1.29, 1.82) is 0 Å². The predicted octanol–water partition coefficient (Wildman–Crippen LogP) is 3.05. The lowest BCUT2D eigenvalue weighted by Gasteiger charge is -2.16. The van der Waals surface area contributed by atoms with Crippen LogP contribution in [0.4, 0.5) is 5.69 Å². The molecule has 2 aromatic rings. The summed E-state index contributed by atoms with van der Waals surface area (Å²) in [6.07, 6.45) is -0.803. The van der Waals surface area contributed by atoms with Crippen molar-refractivity contribution < 1.29 is 14.4 Å². The van der Waals surface area contributed by atoms with Crippen LogP contribution in [0, 0.1) is 13.8 Å². The zero-order chi connectivity index (χ0) is 16.1. The van der Waals surface area contributed by atoms with Crippen molar-refractivity contribution in [2.24, 2.45) is 0 Å². The highest BCUT2D eigenvalue weighted by Crippen LogP contribution is 2.19. The maximum absolute atomic E-state index is 12.1. The third-order valence-corrected chi connectivity index (χ3v) is 4.04. The molecule has 2 N–H and O–H groups in total. The van der Waals surface area contributed by atoms with E-state index in [0.717, 1.165) is 16.8 Å². The van der Waals surface area contributed by atoms with E-state index in [1.165, 1.54) is 11.3 Å². The quantitative estimate of drug-likeness (QED) is 0.833. The van der Waals surface area contributed by atoms with Crippen LogP contribution < -0.4 is 10.8 Å². The molecule has 2 rings (SSSR count). The average molecular weight is 318 g/mol. The molecule has 1 aromatic carbocycles. The third-order valence-electron chi connectivity index (χ3n) is 3.17. The molecule has 0 aliphatic rings. The lowest BCUT2D eigenvalue weighted by atomic mass is 10.1. The highest BCUT2D eigenvalue weighted by Gasteiger charge is 2.17. The van der Waals surface area contributed by atoms with Gasteiger partial charge in [-0.2, -0.15) is 0 Å². The maximum atomic E-state index is 12.1. The minimum atomic E-state index is -0.803. The first-order valence-corrected chi connectivity index (χ1v) is 7.73. The van der Waals surface area contributed by atoms with Crippen molar-refractivity contribution in [2.45, 2.75) is 26.9 Å². The van der Waals surface area contributed by atoms with Gasteiger partial charge in [-0.25, -0.2) is 5.48 Å². The maximum Gasteiger partial charge on any atom is 0.284 e. The molecule has 22 heavy (non-hydrogen) atoms. The number of carbonyl (C=O) groups excluding carboxylic acids is 2. The number of hydrogen-bond donors (Lipinski definition) is 2. The Hall–Kier alpha value is -2.18. The van der Waals surface area contributed by atoms with Gasteiger partial charge in [-0.15, -0.1) is 11.3 Å². The first-order chi connectivity index (χ1) is 10.5. The summed E-state index contributed by atoms with van der Waals surface area (Å²) < 4.78 is 0. The van der Waals surface area contributed by atoms with Gasteiger partial charge in [0.15, 0.2) is 6.10 Å². The van der Waals surface area contributed by atoms with E-state index in [1.807, 2.05) is 32.0 Å². The highest BCUT2D eigenvalue weighted by atomic mass is 32.1. The molecule has 0 spiro atoms. The number of nitrogens with one attached hydrogen (secondary N) is 2. The summed E-state index contributed by atoms with van der Waals surface area (Å²) in [5.74, 6) is -0.675.